The Morgan fingerprint density at radius 2 is 1.76 bits per heavy atom. The first-order chi connectivity index (χ1) is 9.56. The molecule has 0 aromatic heterocycles. The van der Waals surface area contributed by atoms with E-state index in [0.717, 1.165) is 0 Å². The minimum Gasteiger partial charge on any atom is -0.481 e. The number of aliphatic carboxylic acids is 1. The maximum Gasteiger partial charge on any atom is 0.324 e. The van der Waals surface area contributed by atoms with E-state index in [-0.39, 0.29) is 6.04 Å². The van der Waals surface area contributed by atoms with Crippen molar-refractivity contribution in [2.75, 3.05) is 6.54 Å². The molecule has 0 fully saturated rings. The Balaban J connectivity index is 3.92. The normalized spacial score (nSPS) is 14.6. The molecule has 0 aliphatic carbocycles. The molecular weight excluding hydrogens is 296 g/mol. The number of nitrogens with one attached hydrogen (secondary N) is 2. The summed E-state index contributed by atoms with van der Waals surface area (Å²) in [7, 11) is 0. The van der Waals surface area contributed by atoms with E-state index in [1.807, 2.05) is 0 Å². The van der Waals surface area contributed by atoms with Gasteiger partial charge in [-0.3, -0.25) is 4.79 Å². The molecule has 0 rings (SSSR count). The number of carboxylic acid groups (broad SMARTS) is 1. The third-order valence-corrected chi connectivity index (χ3v) is 2.88. The predicted molar refractivity (Wildman–Crippen MR) is 67.6 cm³/mol. The third-order valence-electron chi connectivity index (χ3n) is 2.88. The second-order valence-corrected chi connectivity index (χ2v) is 4.96. The van der Waals surface area contributed by atoms with Gasteiger partial charge in [0.2, 0.25) is 0 Å². The fourth-order valence-electron chi connectivity index (χ4n) is 1.48. The van der Waals surface area contributed by atoms with Gasteiger partial charge in [-0.2, -0.15) is 8.78 Å². The average Bonchev–Trinajstić information content (AvgIpc) is 2.35. The van der Waals surface area contributed by atoms with E-state index in [2.05, 4.69) is 5.32 Å². The van der Waals surface area contributed by atoms with Gasteiger partial charge in [0.15, 0.2) is 0 Å². The van der Waals surface area contributed by atoms with Gasteiger partial charge in [-0.25, -0.2) is 13.6 Å². The van der Waals surface area contributed by atoms with Crippen molar-refractivity contribution in [2.45, 2.75) is 51.5 Å². The molecule has 0 heterocycles. The summed E-state index contributed by atoms with van der Waals surface area (Å²) in [6.45, 7) is 1.72. The van der Waals surface area contributed by atoms with Crippen LogP contribution in [-0.2, 0) is 4.79 Å². The van der Waals surface area contributed by atoms with Gasteiger partial charge in [0.05, 0.1) is 12.5 Å². The molecule has 124 valence electrons. The summed E-state index contributed by atoms with van der Waals surface area (Å²) in [5, 5.41) is 12.7. The fourth-order valence-corrected chi connectivity index (χ4v) is 1.48. The van der Waals surface area contributed by atoms with E-state index in [4.69, 9.17) is 5.11 Å². The number of alkyl halides is 4. The number of halogens is 4. The molecule has 0 bridgehead atoms. The Hall–Kier alpha value is -1.54. The molecule has 0 aliphatic heterocycles. The molecule has 2 amide bonds. The smallest absolute Gasteiger partial charge is 0.324 e. The quantitative estimate of drug-likeness (QED) is 0.572. The van der Waals surface area contributed by atoms with Crippen LogP contribution in [-0.4, -0.2) is 42.0 Å². The number of rotatable bonds is 9. The monoisotopic (exact) mass is 316 g/mol. The summed E-state index contributed by atoms with van der Waals surface area (Å²) in [6, 6.07) is -1.35. The van der Waals surface area contributed by atoms with Crippen LogP contribution >= 0.6 is 0 Å². The van der Waals surface area contributed by atoms with Crippen LogP contribution in [0.3, 0.4) is 0 Å². The Morgan fingerprint density at radius 3 is 2.24 bits per heavy atom. The Kier molecular flexibility index (Phi) is 8.05. The van der Waals surface area contributed by atoms with Gasteiger partial charge in [-0.1, -0.05) is 13.3 Å². The average molecular weight is 316 g/mol. The highest BCUT2D eigenvalue weighted by Gasteiger charge is 2.40. The molecule has 0 aliphatic rings. The predicted octanol–water partition coefficient (Wildman–Crippen LogP) is 2.47. The second-order valence-electron chi connectivity index (χ2n) is 4.96. The zero-order chi connectivity index (χ0) is 16.6. The molecule has 0 saturated carbocycles. The van der Waals surface area contributed by atoms with E-state index >= 15 is 0 Å². The van der Waals surface area contributed by atoms with E-state index in [1.54, 1.807) is 19.2 Å². The molecule has 2 unspecified atom stereocenters. The molecular formula is C12H20F4N2O3. The van der Waals surface area contributed by atoms with Crippen molar-refractivity contribution in [3.05, 3.63) is 0 Å². The van der Waals surface area contributed by atoms with Gasteiger partial charge in [0, 0.05) is 6.04 Å². The van der Waals surface area contributed by atoms with Gasteiger partial charge in [-0.15, -0.1) is 0 Å². The van der Waals surface area contributed by atoms with Crippen LogP contribution in [0.15, 0.2) is 0 Å². The SMILES string of the molecule is CC(CCCC(C)C(=O)O)NC(=O)NCC(F)(F)C(F)F. The number of carbonyl (C=O) groups is 2. The van der Waals surface area contributed by atoms with Crippen LogP contribution in [0.4, 0.5) is 22.4 Å². The lowest BCUT2D eigenvalue weighted by atomic mass is 10.0. The van der Waals surface area contributed by atoms with Crippen molar-refractivity contribution in [2.24, 2.45) is 5.92 Å². The van der Waals surface area contributed by atoms with Crippen LogP contribution in [0.5, 0.6) is 0 Å². The summed E-state index contributed by atoms with van der Waals surface area (Å²) in [5.74, 6) is -5.68. The van der Waals surface area contributed by atoms with E-state index in [9.17, 15) is 27.2 Å². The molecule has 9 heteroatoms. The van der Waals surface area contributed by atoms with Gasteiger partial charge in [0.1, 0.15) is 0 Å². The number of amides is 2. The van der Waals surface area contributed by atoms with Gasteiger partial charge >= 0.3 is 24.3 Å². The largest absolute Gasteiger partial charge is 0.481 e. The van der Waals surface area contributed by atoms with E-state index < -0.39 is 36.8 Å². The van der Waals surface area contributed by atoms with Crippen molar-refractivity contribution in [1.29, 1.82) is 0 Å². The Bertz CT molecular complexity index is 353. The lowest BCUT2D eigenvalue weighted by Crippen LogP contribution is -2.47. The zero-order valence-corrected chi connectivity index (χ0v) is 11.8. The third kappa shape index (κ3) is 8.36. The maximum atomic E-state index is 12.6. The first-order valence-electron chi connectivity index (χ1n) is 6.49. The molecule has 0 spiro atoms. The van der Waals surface area contributed by atoms with E-state index in [1.165, 1.54) is 0 Å². The Labute approximate surface area is 120 Å². The van der Waals surface area contributed by atoms with Gasteiger partial charge in [-0.05, 0) is 19.8 Å². The van der Waals surface area contributed by atoms with E-state index in [0.29, 0.717) is 19.3 Å². The topological polar surface area (TPSA) is 78.4 Å². The number of carbonyl (C=O) groups excluding carboxylic acids is 1. The van der Waals surface area contributed by atoms with Crippen molar-refractivity contribution in [3.63, 3.8) is 0 Å². The molecule has 0 saturated heterocycles. The minimum absolute atomic E-state index is 0.383. The molecule has 0 radical (unpaired) electrons. The first kappa shape index (κ1) is 19.5. The zero-order valence-electron chi connectivity index (χ0n) is 11.8. The van der Waals surface area contributed by atoms with Gasteiger partial charge in [0.25, 0.3) is 0 Å². The summed E-state index contributed by atoms with van der Waals surface area (Å²) in [5.41, 5.74) is 0. The van der Waals surface area contributed by atoms with Crippen molar-refractivity contribution in [3.8, 4) is 0 Å². The van der Waals surface area contributed by atoms with Crippen LogP contribution in [0.2, 0.25) is 0 Å². The lowest BCUT2D eigenvalue weighted by Gasteiger charge is -2.18. The Morgan fingerprint density at radius 1 is 1.19 bits per heavy atom. The molecule has 0 aromatic rings. The molecule has 5 nitrogen and oxygen atoms in total. The highest BCUT2D eigenvalue weighted by Crippen LogP contribution is 2.21. The second kappa shape index (κ2) is 8.68. The maximum absolute atomic E-state index is 12.6. The summed E-state index contributed by atoms with van der Waals surface area (Å²) in [4.78, 5) is 21.8. The van der Waals surface area contributed by atoms with Crippen LogP contribution in [0.1, 0.15) is 33.1 Å². The molecule has 0 aromatic carbocycles. The first-order valence-corrected chi connectivity index (χ1v) is 6.49. The molecule has 21 heavy (non-hydrogen) atoms. The van der Waals surface area contributed by atoms with Crippen LogP contribution in [0, 0.1) is 5.92 Å². The summed E-state index contributed by atoms with van der Waals surface area (Å²) >= 11 is 0. The number of carboxylic acids is 1. The lowest BCUT2D eigenvalue weighted by molar-refractivity contribution is -0.141. The summed E-state index contributed by atoms with van der Waals surface area (Å²) < 4.78 is 48.9. The minimum atomic E-state index is -4.27. The highest BCUT2D eigenvalue weighted by atomic mass is 19.3. The standard InChI is InChI=1S/C12H20F4N2O3/c1-7(9(19)20)4-3-5-8(2)18-11(21)17-6-12(15,16)10(13)14/h7-8,10H,3-6H2,1-2H3,(H,19,20)(H2,17,18,21). The van der Waals surface area contributed by atoms with Crippen molar-refractivity contribution < 1.29 is 32.3 Å². The number of hydrogen-bond acceptors (Lipinski definition) is 2. The molecule has 3 N–H and O–H groups in total. The number of urea groups is 1. The van der Waals surface area contributed by atoms with Crippen molar-refractivity contribution >= 4 is 12.0 Å². The molecule has 2 atom stereocenters. The summed E-state index contributed by atoms with van der Waals surface area (Å²) in [6.07, 6.45) is -2.43. The fraction of sp³-hybridized carbons (Fsp3) is 0.833. The van der Waals surface area contributed by atoms with Gasteiger partial charge < -0.3 is 15.7 Å². The van der Waals surface area contributed by atoms with Crippen LogP contribution < -0.4 is 10.6 Å². The highest BCUT2D eigenvalue weighted by molar-refractivity contribution is 5.74. The van der Waals surface area contributed by atoms with Crippen LogP contribution in [0.25, 0.3) is 0 Å². The van der Waals surface area contributed by atoms with Crippen molar-refractivity contribution in [1.82, 2.24) is 10.6 Å². The number of hydrogen-bond donors (Lipinski definition) is 3.